The molecule has 2 aliphatic rings. The fraction of sp³-hybridized carbons (Fsp3) is 0.375. The van der Waals surface area contributed by atoms with Crippen molar-refractivity contribution in [1.29, 1.82) is 5.26 Å². The Balaban J connectivity index is 1.79. The molecule has 1 N–H and O–H groups in total. The highest BCUT2D eigenvalue weighted by Crippen LogP contribution is 2.42. The molecule has 1 aliphatic heterocycles. The van der Waals surface area contributed by atoms with Gasteiger partial charge in [0.25, 0.3) is 5.91 Å². The van der Waals surface area contributed by atoms with Crippen molar-refractivity contribution in [2.75, 3.05) is 24.0 Å². The summed E-state index contributed by atoms with van der Waals surface area (Å²) in [6.45, 7) is 0. The van der Waals surface area contributed by atoms with Gasteiger partial charge in [0.2, 0.25) is 0 Å². The van der Waals surface area contributed by atoms with Gasteiger partial charge in [-0.3, -0.25) is 14.6 Å². The van der Waals surface area contributed by atoms with Crippen LogP contribution in [0.25, 0.3) is 0 Å². The number of rotatable bonds is 4. The summed E-state index contributed by atoms with van der Waals surface area (Å²) in [6.07, 6.45) is -3.55. The molecular formula is C24H22F4N4O3. The van der Waals surface area contributed by atoms with Crippen LogP contribution in [0.5, 0.6) is 0 Å². The average Bonchev–Trinajstić information content (AvgIpc) is 3.13. The summed E-state index contributed by atoms with van der Waals surface area (Å²) >= 11 is 0. The number of nitrogens with zero attached hydrogens (tertiary/aromatic N) is 3. The number of carbonyl (C=O) groups is 2. The lowest BCUT2D eigenvalue weighted by molar-refractivity contribution is -0.137. The zero-order chi connectivity index (χ0) is 25.5. The van der Waals surface area contributed by atoms with Crippen LogP contribution in [0.3, 0.4) is 0 Å². The molecule has 1 saturated carbocycles. The number of halogens is 4. The molecule has 1 saturated heterocycles. The van der Waals surface area contributed by atoms with Gasteiger partial charge in [-0.05, 0) is 55.7 Å². The van der Waals surface area contributed by atoms with E-state index >= 15 is 0 Å². The second-order valence-corrected chi connectivity index (χ2v) is 8.41. The number of benzene rings is 2. The number of alkyl halides is 3. The zero-order valence-corrected chi connectivity index (χ0v) is 18.9. The molecule has 184 valence electrons. The summed E-state index contributed by atoms with van der Waals surface area (Å²) in [5.74, 6) is -1.45. The first-order chi connectivity index (χ1) is 16.6. The van der Waals surface area contributed by atoms with Crippen LogP contribution < -0.4 is 15.1 Å². The fourth-order valence-electron chi connectivity index (χ4n) is 4.88. The molecule has 1 aliphatic carbocycles. The van der Waals surface area contributed by atoms with Gasteiger partial charge in [-0.1, -0.05) is 0 Å². The van der Waals surface area contributed by atoms with Crippen molar-refractivity contribution in [3.05, 3.63) is 58.9 Å². The van der Waals surface area contributed by atoms with E-state index in [-0.39, 0.29) is 23.0 Å². The summed E-state index contributed by atoms with van der Waals surface area (Å²) < 4.78 is 61.0. The molecule has 3 amide bonds. The smallest absolute Gasteiger partial charge is 0.381 e. The Morgan fingerprint density at radius 2 is 1.77 bits per heavy atom. The number of fused-ring (bicyclic) bond motifs is 1. The standard InChI is InChI=1S/C24H22F4N4O3/c1-30-22(33)17-7-5-15(10-19(17)25)31-20-8-6-16(35-2)11-21(20)32(23(31)34)14-4-3-13(12-29)18(9-14)24(26,27)28/h3-5,7,9-10,16,20-21H,6,8,11H2,1-2H3,(H,30,33)/t16?,20-,21-/m1/s1. The van der Waals surface area contributed by atoms with Crippen LogP contribution in [0, 0.1) is 17.1 Å². The molecule has 1 unspecified atom stereocenters. The van der Waals surface area contributed by atoms with Crippen LogP contribution >= 0.6 is 0 Å². The lowest BCUT2D eigenvalue weighted by Gasteiger charge is -2.35. The van der Waals surface area contributed by atoms with Crippen LogP contribution in [0.15, 0.2) is 36.4 Å². The molecule has 35 heavy (non-hydrogen) atoms. The van der Waals surface area contributed by atoms with Crippen molar-refractivity contribution >= 4 is 23.3 Å². The third-order valence-corrected chi connectivity index (χ3v) is 6.55. The van der Waals surface area contributed by atoms with Crippen LogP contribution in [0.2, 0.25) is 0 Å². The zero-order valence-electron chi connectivity index (χ0n) is 18.9. The van der Waals surface area contributed by atoms with E-state index in [1.165, 1.54) is 48.2 Å². The van der Waals surface area contributed by atoms with Crippen molar-refractivity contribution in [3.8, 4) is 6.07 Å². The SMILES string of the molecule is CNC(=O)c1ccc(N2C(=O)N(c3ccc(C#N)c(C(F)(F)F)c3)[C@@H]3CC(OC)CC[C@H]32)cc1F. The fourth-order valence-corrected chi connectivity index (χ4v) is 4.88. The number of nitrogens with one attached hydrogen (secondary N) is 1. The number of amides is 3. The van der Waals surface area contributed by atoms with Gasteiger partial charge in [-0.25, -0.2) is 9.18 Å². The number of carbonyl (C=O) groups excluding carboxylic acids is 2. The lowest BCUT2D eigenvalue weighted by Crippen LogP contribution is -2.44. The highest BCUT2D eigenvalue weighted by atomic mass is 19.4. The lowest BCUT2D eigenvalue weighted by atomic mass is 9.87. The number of anilines is 2. The third-order valence-electron chi connectivity index (χ3n) is 6.55. The Kier molecular flexibility index (Phi) is 6.42. The molecule has 2 aromatic carbocycles. The summed E-state index contributed by atoms with van der Waals surface area (Å²) in [6, 6.07) is 6.83. The molecule has 7 nitrogen and oxygen atoms in total. The topological polar surface area (TPSA) is 85.7 Å². The van der Waals surface area contributed by atoms with Crippen LogP contribution in [0.1, 0.15) is 40.7 Å². The molecule has 1 heterocycles. The highest BCUT2D eigenvalue weighted by Gasteiger charge is 2.50. The van der Waals surface area contributed by atoms with Crippen LogP contribution in [-0.4, -0.2) is 44.3 Å². The third kappa shape index (κ3) is 4.30. The van der Waals surface area contributed by atoms with E-state index in [9.17, 15) is 27.2 Å². The van der Waals surface area contributed by atoms with Gasteiger partial charge >= 0.3 is 12.2 Å². The van der Waals surface area contributed by atoms with Crippen molar-refractivity contribution in [2.45, 2.75) is 43.6 Å². The Morgan fingerprint density at radius 3 is 2.37 bits per heavy atom. The van der Waals surface area contributed by atoms with E-state index in [2.05, 4.69) is 5.32 Å². The van der Waals surface area contributed by atoms with Gasteiger partial charge in [-0.15, -0.1) is 0 Å². The van der Waals surface area contributed by atoms with Crippen LogP contribution in [0.4, 0.5) is 33.7 Å². The minimum Gasteiger partial charge on any atom is -0.381 e. The van der Waals surface area contributed by atoms with E-state index < -0.39 is 47.1 Å². The van der Waals surface area contributed by atoms with Gasteiger partial charge in [0.15, 0.2) is 0 Å². The van der Waals surface area contributed by atoms with Gasteiger partial charge < -0.3 is 10.1 Å². The predicted octanol–water partition coefficient (Wildman–Crippen LogP) is 4.46. The summed E-state index contributed by atoms with van der Waals surface area (Å²) in [5, 5.41) is 11.5. The largest absolute Gasteiger partial charge is 0.417 e. The van der Waals surface area contributed by atoms with Crippen molar-refractivity contribution < 1.29 is 31.9 Å². The van der Waals surface area contributed by atoms with Gasteiger partial charge in [0.1, 0.15) is 5.82 Å². The maximum Gasteiger partial charge on any atom is 0.417 e. The van der Waals surface area contributed by atoms with E-state index in [1.807, 2.05) is 0 Å². The maximum atomic E-state index is 14.7. The molecule has 0 aromatic heterocycles. The Morgan fingerprint density at radius 1 is 1.11 bits per heavy atom. The average molecular weight is 490 g/mol. The van der Waals surface area contributed by atoms with Gasteiger partial charge in [0, 0.05) is 25.5 Å². The number of methoxy groups -OCH3 is 1. The monoisotopic (exact) mass is 490 g/mol. The van der Waals surface area contributed by atoms with E-state index in [0.717, 1.165) is 18.2 Å². The number of ether oxygens (including phenoxy) is 1. The molecule has 0 spiro atoms. The van der Waals surface area contributed by atoms with Crippen molar-refractivity contribution in [2.24, 2.45) is 0 Å². The van der Waals surface area contributed by atoms with E-state index in [0.29, 0.717) is 19.3 Å². The summed E-state index contributed by atoms with van der Waals surface area (Å²) in [7, 11) is 2.89. The first-order valence-corrected chi connectivity index (χ1v) is 10.9. The van der Waals surface area contributed by atoms with E-state index in [4.69, 9.17) is 10.00 Å². The minimum atomic E-state index is -4.79. The van der Waals surface area contributed by atoms with Crippen molar-refractivity contribution in [3.63, 3.8) is 0 Å². The Labute approximate surface area is 198 Å². The molecule has 4 rings (SSSR count). The molecule has 3 atom stereocenters. The first kappa shape index (κ1) is 24.5. The molecule has 2 aromatic rings. The number of nitriles is 1. The number of urea groups is 1. The number of hydrogen-bond donors (Lipinski definition) is 1. The highest BCUT2D eigenvalue weighted by molar-refractivity contribution is 6.08. The first-order valence-electron chi connectivity index (χ1n) is 10.9. The summed E-state index contributed by atoms with van der Waals surface area (Å²) in [4.78, 5) is 28.1. The molecule has 0 radical (unpaired) electrons. The molecule has 0 bridgehead atoms. The predicted molar refractivity (Wildman–Crippen MR) is 119 cm³/mol. The number of hydrogen-bond acceptors (Lipinski definition) is 4. The maximum absolute atomic E-state index is 14.7. The van der Waals surface area contributed by atoms with Crippen molar-refractivity contribution in [1.82, 2.24) is 5.32 Å². The minimum absolute atomic E-state index is 0.0157. The molecule has 2 fully saturated rings. The van der Waals surface area contributed by atoms with E-state index in [1.54, 1.807) is 0 Å². The van der Waals surface area contributed by atoms with Gasteiger partial charge in [0.05, 0.1) is 40.9 Å². The van der Waals surface area contributed by atoms with Crippen LogP contribution in [-0.2, 0) is 10.9 Å². The molecule has 11 heteroatoms. The van der Waals surface area contributed by atoms with Gasteiger partial charge in [-0.2, -0.15) is 18.4 Å². The second-order valence-electron chi connectivity index (χ2n) is 8.41. The Hall–Kier alpha value is -3.65. The Bertz CT molecular complexity index is 1210. The molecular weight excluding hydrogens is 468 g/mol. The quantitative estimate of drug-likeness (QED) is 0.642. The normalized spacial score (nSPS) is 22.1. The second kappa shape index (κ2) is 9.19. The summed E-state index contributed by atoms with van der Waals surface area (Å²) in [5.41, 5.74) is -1.70.